The average Bonchev–Trinajstić information content (AvgIpc) is 3.06. The maximum absolute atomic E-state index is 12.0. The molecule has 1 aromatic heterocycles. The molecular formula is C20H21NO3. The Morgan fingerprint density at radius 3 is 2.58 bits per heavy atom. The highest BCUT2D eigenvalue weighted by Gasteiger charge is 2.21. The summed E-state index contributed by atoms with van der Waals surface area (Å²) in [5.41, 5.74) is 2.09. The van der Waals surface area contributed by atoms with E-state index in [9.17, 15) is 4.79 Å². The number of carbonyl (C=O) groups is 1. The molecule has 0 bridgehead atoms. The predicted molar refractivity (Wildman–Crippen MR) is 94.1 cm³/mol. The number of rotatable bonds is 6. The van der Waals surface area contributed by atoms with Crippen molar-refractivity contribution in [3.8, 4) is 5.75 Å². The summed E-state index contributed by atoms with van der Waals surface area (Å²) in [6.45, 7) is 2.49. The highest BCUT2D eigenvalue weighted by molar-refractivity contribution is 5.88. The van der Waals surface area contributed by atoms with Crippen molar-refractivity contribution in [3.05, 3.63) is 66.4 Å². The first-order chi connectivity index (χ1) is 11.7. The Balaban J connectivity index is 1.90. The molecule has 1 heterocycles. The lowest BCUT2D eigenvalue weighted by atomic mass is 10.2. The summed E-state index contributed by atoms with van der Waals surface area (Å²) < 4.78 is 12.9. The minimum atomic E-state index is -0.322. The number of esters is 1. The molecule has 0 fully saturated rings. The SMILES string of the molecule is CCC(C(=O)OC)n1ccc2c(OCc3ccccc3)cccc21. The minimum Gasteiger partial charge on any atom is -0.488 e. The molecule has 0 amide bonds. The lowest BCUT2D eigenvalue weighted by Crippen LogP contribution is -2.19. The van der Waals surface area contributed by atoms with Gasteiger partial charge in [-0.25, -0.2) is 4.79 Å². The predicted octanol–water partition coefficient (Wildman–Crippen LogP) is 4.34. The van der Waals surface area contributed by atoms with Crippen molar-refractivity contribution in [2.24, 2.45) is 0 Å². The second kappa shape index (κ2) is 7.21. The Bertz CT molecular complexity index is 823. The van der Waals surface area contributed by atoms with Gasteiger partial charge < -0.3 is 14.0 Å². The first-order valence-electron chi connectivity index (χ1n) is 8.08. The number of ether oxygens (including phenoxy) is 2. The summed E-state index contributed by atoms with van der Waals surface area (Å²) in [5.74, 6) is 0.584. The highest BCUT2D eigenvalue weighted by Crippen LogP contribution is 2.30. The van der Waals surface area contributed by atoms with Crippen LogP contribution in [0.3, 0.4) is 0 Å². The van der Waals surface area contributed by atoms with Crippen LogP contribution in [-0.2, 0) is 16.1 Å². The molecule has 0 spiro atoms. The molecule has 0 saturated heterocycles. The van der Waals surface area contributed by atoms with E-state index < -0.39 is 0 Å². The third-order valence-electron chi connectivity index (χ3n) is 4.16. The molecule has 0 aliphatic heterocycles. The molecule has 1 unspecified atom stereocenters. The first kappa shape index (κ1) is 16.1. The number of hydrogen-bond acceptors (Lipinski definition) is 3. The largest absolute Gasteiger partial charge is 0.488 e. The van der Waals surface area contributed by atoms with Crippen molar-refractivity contribution < 1.29 is 14.3 Å². The smallest absolute Gasteiger partial charge is 0.328 e. The van der Waals surface area contributed by atoms with E-state index in [1.165, 1.54) is 7.11 Å². The number of carbonyl (C=O) groups excluding carboxylic acids is 1. The zero-order valence-corrected chi connectivity index (χ0v) is 13.9. The zero-order valence-electron chi connectivity index (χ0n) is 13.9. The number of methoxy groups -OCH3 is 1. The van der Waals surface area contributed by atoms with Crippen LogP contribution in [0.15, 0.2) is 60.8 Å². The first-order valence-corrected chi connectivity index (χ1v) is 8.08. The van der Waals surface area contributed by atoms with Crippen molar-refractivity contribution in [1.82, 2.24) is 4.57 Å². The van der Waals surface area contributed by atoms with E-state index in [0.29, 0.717) is 13.0 Å². The van der Waals surface area contributed by atoms with Gasteiger partial charge in [-0.2, -0.15) is 0 Å². The lowest BCUT2D eigenvalue weighted by Gasteiger charge is -2.16. The quantitative estimate of drug-likeness (QED) is 0.633. The molecular weight excluding hydrogens is 302 g/mol. The van der Waals surface area contributed by atoms with Gasteiger partial charge in [0.05, 0.1) is 12.6 Å². The summed E-state index contributed by atoms with van der Waals surface area (Å²) in [7, 11) is 1.42. The Morgan fingerprint density at radius 2 is 1.88 bits per heavy atom. The van der Waals surface area contributed by atoms with Gasteiger partial charge in [-0.05, 0) is 30.2 Å². The van der Waals surface area contributed by atoms with E-state index in [2.05, 4.69) is 0 Å². The van der Waals surface area contributed by atoms with Crippen molar-refractivity contribution >= 4 is 16.9 Å². The number of hydrogen-bond donors (Lipinski definition) is 0. The van der Waals surface area contributed by atoms with Crippen LogP contribution in [0.4, 0.5) is 0 Å². The lowest BCUT2D eigenvalue weighted by molar-refractivity contribution is -0.144. The van der Waals surface area contributed by atoms with Crippen LogP contribution in [0.25, 0.3) is 10.9 Å². The number of nitrogens with zero attached hydrogens (tertiary/aromatic N) is 1. The van der Waals surface area contributed by atoms with Crippen LogP contribution in [-0.4, -0.2) is 17.6 Å². The molecule has 3 aromatic rings. The van der Waals surface area contributed by atoms with E-state index in [4.69, 9.17) is 9.47 Å². The maximum atomic E-state index is 12.0. The summed E-state index contributed by atoms with van der Waals surface area (Å²) in [6.07, 6.45) is 2.59. The molecule has 2 aromatic carbocycles. The van der Waals surface area contributed by atoms with Crippen LogP contribution in [0.1, 0.15) is 24.9 Å². The fourth-order valence-electron chi connectivity index (χ4n) is 2.91. The van der Waals surface area contributed by atoms with Crippen LogP contribution in [0.2, 0.25) is 0 Å². The fourth-order valence-corrected chi connectivity index (χ4v) is 2.91. The monoisotopic (exact) mass is 323 g/mol. The van der Waals surface area contributed by atoms with E-state index >= 15 is 0 Å². The van der Waals surface area contributed by atoms with E-state index in [1.54, 1.807) is 0 Å². The molecule has 3 rings (SSSR count). The molecule has 4 nitrogen and oxygen atoms in total. The van der Waals surface area contributed by atoms with Gasteiger partial charge in [0.2, 0.25) is 0 Å². The van der Waals surface area contributed by atoms with Gasteiger partial charge in [-0.1, -0.05) is 43.3 Å². The van der Waals surface area contributed by atoms with Crippen LogP contribution < -0.4 is 4.74 Å². The second-order valence-electron chi connectivity index (χ2n) is 5.63. The standard InChI is InChI=1S/C20H21NO3/c1-3-17(20(22)23-2)21-13-12-16-18(21)10-7-11-19(16)24-14-15-8-5-4-6-9-15/h4-13,17H,3,14H2,1-2H3. The molecule has 4 heteroatoms. The number of benzene rings is 2. The van der Waals surface area contributed by atoms with E-state index in [-0.39, 0.29) is 12.0 Å². The molecule has 0 aliphatic carbocycles. The zero-order chi connectivity index (χ0) is 16.9. The fraction of sp³-hybridized carbons (Fsp3) is 0.250. The minimum absolute atomic E-state index is 0.231. The van der Waals surface area contributed by atoms with Crippen LogP contribution in [0, 0.1) is 0 Å². The Kier molecular flexibility index (Phi) is 4.85. The molecule has 0 N–H and O–H groups in total. The summed E-state index contributed by atoms with van der Waals surface area (Å²) in [6, 6.07) is 17.6. The van der Waals surface area contributed by atoms with Gasteiger partial charge in [-0.15, -0.1) is 0 Å². The molecule has 0 aliphatic rings. The van der Waals surface area contributed by atoms with Gasteiger partial charge >= 0.3 is 5.97 Å². The Labute approximate surface area is 141 Å². The summed E-state index contributed by atoms with van der Waals surface area (Å²) in [4.78, 5) is 12.0. The van der Waals surface area contributed by atoms with Gasteiger partial charge in [0.15, 0.2) is 0 Å². The van der Waals surface area contributed by atoms with Crippen molar-refractivity contribution in [1.29, 1.82) is 0 Å². The van der Waals surface area contributed by atoms with Crippen molar-refractivity contribution in [3.63, 3.8) is 0 Å². The molecule has 124 valence electrons. The number of fused-ring (bicyclic) bond motifs is 1. The van der Waals surface area contributed by atoms with E-state index in [0.717, 1.165) is 22.2 Å². The second-order valence-corrected chi connectivity index (χ2v) is 5.63. The summed E-state index contributed by atoms with van der Waals surface area (Å²) >= 11 is 0. The van der Waals surface area contributed by atoms with Gasteiger partial charge in [0.25, 0.3) is 0 Å². The molecule has 0 saturated carbocycles. The Morgan fingerprint density at radius 1 is 1.08 bits per heavy atom. The van der Waals surface area contributed by atoms with Gasteiger partial charge in [0, 0.05) is 11.6 Å². The third-order valence-corrected chi connectivity index (χ3v) is 4.16. The van der Waals surface area contributed by atoms with Crippen molar-refractivity contribution in [2.75, 3.05) is 7.11 Å². The van der Waals surface area contributed by atoms with Gasteiger partial charge in [-0.3, -0.25) is 0 Å². The maximum Gasteiger partial charge on any atom is 0.328 e. The van der Waals surface area contributed by atoms with Crippen molar-refractivity contribution in [2.45, 2.75) is 26.0 Å². The highest BCUT2D eigenvalue weighted by atomic mass is 16.5. The van der Waals surface area contributed by atoms with Gasteiger partial charge in [0.1, 0.15) is 18.4 Å². The average molecular weight is 323 g/mol. The molecule has 1 atom stereocenters. The molecule has 0 radical (unpaired) electrons. The normalized spacial score (nSPS) is 12.1. The molecule has 24 heavy (non-hydrogen) atoms. The van der Waals surface area contributed by atoms with E-state index in [1.807, 2.05) is 72.3 Å². The number of aromatic nitrogens is 1. The van der Waals surface area contributed by atoms with Crippen LogP contribution in [0.5, 0.6) is 5.75 Å². The topological polar surface area (TPSA) is 40.5 Å². The third kappa shape index (κ3) is 3.13. The van der Waals surface area contributed by atoms with Crippen LogP contribution >= 0.6 is 0 Å². The Hall–Kier alpha value is -2.75. The summed E-state index contributed by atoms with van der Waals surface area (Å²) in [5, 5.41) is 0.996.